The first-order chi connectivity index (χ1) is 6.24. The quantitative estimate of drug-likeness (QED) is 0.711. The molecule has 1 heterocycles. The zero-order valence-electron chi connectivity index (χ0n) is 7.61. The topological polar surface area (TPSA) is 53.1 Å². The number of rotatable bonds is 1. The number of para-hydroxylation sites is 1. The molecule has 4 nitrogen and oxygen atoms in total. The second kappa shape index (κ2) is 2.65. The van der Waals surface area contributed by atoms with Gasteiger partial charge in [-0.1, -0.05) is 6.07 Å². The summed E-state index contributed by atoms with van der Waals surface area (Å²) in [7, 11) is 3.51. The second-order valence-electron chi connectivity index (χ2n) is 2.86. The number of fused-ring (bicyclic) bond motifs is 1. The predicted molar refractivity (Wildman–Crippen MR) is 51.7 cm³/mol. The molecule has 68 valence electrons. The van der Waals surface area contributed by atoms with Crippen molar-refractivity contribution in [2.24, 2.45) is 7.05 Å². The molecule has 0 saturated carbocycles. The van der Waals surface area contributed by atoms with Crippen molar-refractivity contribution >= 4 is 17.0 Å². The Morgan fingerprint density at radius 3 is 2.92 bits per heavy atom. The number of nitrogens with two attached hydrogens (primary N) is 1. The number of benzene rings is 1. The molecule has 1 aromatic heterocycles. The number of imidazole rings is 1. The first-order valence-electron chi connectivity index (χ1n) is 3.99. The van der Waals surface area contributed by atoms with Crippen LogP contribution in [0.2, 0.25) is 0 Å². The van der Waals surface area contributed by atoms with Crippen LogP contribution in [-0.2, 0) is 7.05 Å². The van der Waals surface area contributed by atoms with Gasteiger partial charge in [-0.2, -0.15) is 0 Å². The fourth-order valence-electron chi connectivity index (χ4n) is 1.42. The third-order valence-electron chi connectivity index (χ3n) is 2.11. The van der Waals surface area contributed by atoms with E-state index in [1.54, 1.807) is 7.11 Å². The molecule has 1 aromatic carbocycles. The average Bonchev–Trinajstić information content (AvgIpc) is 2.43. The molecule has 2 N–H and O–H groups in total. The molecular weight excluding hydrogens is 166 g/mol. The van der Waals surface area contributed by atoms with Gasteiger partial charge in [-0.15, -0.1) is 0 Å². The van der Waals surface area contributed by atoms with Crippen LogP contribution in [0.4, 0.5) is 5.95 Å². The van der Waals surface area contributed by atoms with Crippen molar-refractivity contribution < 1.29 is 4.74 Å². The summed E-state index contributed by atoms with van der Waals surface area (Å²) < 4.78 is 7.02. The van der Waals surface area contributed by atoms with E-state index in [1.807, 2.05) is 29.8 Å². The molecule has 0 bridgehead atoms. The molecule has 4 heteroatoms. The summed E-state index contributed by atoms with van der Waals surface area (Å²) in [5.74, 6) is 1.30. The Balaban J connectivity index is 2.87. The third-order valence-corrected chi connectivity index (χ3v) is 2.11. The first-order valence-corrected chi connectivity index (χ1v) is 3.99. The largest absolute Gasteiger partial charge is 0.494 e. The lowest BCUT2D eigenvalue weighted by Gasteiger charge is -2.02. The van der Waals surface area contributed by atoms with Crippen LogP contribution in [0.3, 0.4) is 0 Å². The number of hydrogen-bond acceptors (Lipinski definition) is 3. The molecule has 0 aliphatic rings. The van der Waals surface area contributed by atoms with Gasteiger partial charge in [-0.3, -0.25) is 0 Å². The van der Waals surface area contributed by atoms with Crippen LogP contribution in [0.25, 0.3) is 11.0 Å². The molecule has 0 aliphatic heterocycles. The summed E-state index contributed by atoms with van der Waals surface area (Å²) in [6.07, 6.45) is 0. The van der Waals surface area contributed by atoms with Gasteiger partial charge in [0, 0.05) is 7.05 Å². The number of nitrogens with zero attached hydrogens (tertiary/aromatic N) is 2. The Morgan fingerprint density at radius 2 is 2.23 bits per heavy atom. The zero-order chi connectivity index (χ0) is 9.42. The number of hydrogen-bond donors (Lipinski definition) is 1. The maximum absolute atomic E-state index is 5.67. The molecule has 0 unspecified atom stereocenters. The van der Waals surface area contributed by atoms with Gasteiger partial charge in [0.15, 0.2) is 0 Å². The highest BCUT2D eigenvalue weighted by molar-refractivity contribution is 5.84. The van der Waals surface area contributed by atoms with E-state index < -0.39 is 0 Å². The Bertz CT molecular complexity index is 447. The lowest BCUT2D eigenvalue weighted by atomic mass is 10.3. The molecule has 0 radical (unpaired) electrons. The molecular formula is C9H11N3O. The molecule has 0 saturated heterocycles. The van der Waals surface area contributed by atoms with Crippen molar-refractivity contribution in [1.82, 2.24) is 9.55 Å². The minimum atomic E-state index is 0.500. The average molecular weight is 177 g/mol. The summed E-state index contributed by atoms with van der Waals surface area (Å²) in [6, 6.07) is 5.70. The fraction of sp³-hybridized carbons (Fsp3) is 0.222. The predicted octanol–water partition coefficient (Wildman–Crippen LogP) is 1.16. The van der Waals surface area contributed by atoms with Gasteiger partial charge >= 0.3 is 0 Å². The lowest BCUT2D eigenvalue weighted by Crippen LogP contribution is -1.97. The van der Waals surface area contributed by atoms with Crippen molar-refractivity contribution in [2.75, 3.05) is 12.8 Å². The highest BCUT2D eigenvalue weighted by Crippen LogP contribution is 2.25. The normalized spacial score (nSPS) is 10.6. The number of aryl methyl sites for hydroxylation is 1. The monoisotopic (exact) mass is 177 g/mol. The maximum atomic E-state index is 5.67. The van der Waals surface area contributed by atoms with Crippen LogP contribution in [-0.4, -0.2) is 16.7 Å². The summed E-state index contributed by atoms with van der Waals surface area (Å²) in [5.41, 5.74) is 7.47. The van der Waals surface area contributed by atoms with E-state index in [4.69, 9.17) is 10.5 Å². The van der Waals surface area contributed by atoms with E-state index in [2.05, 4.69) is 4.98 Å². The van der Waals surface area contributed by atoms with Gasteiger partial charge in [-0.25, -0.2) is 4.98 Å². The van der Waals surface area contributed by atoms with Crippen molar-refractivity contribution in [3.05, 3.63) is 18.2 Å². The van der Waals surface area contributed by atoms with E-state index in [0.29, 0.717) is 5.95 Å². The summed E-state index contributed by atoms with van der Waals surface area (Å²) in [4.78, 5) is 4.18. The molecule has 2 aromatic rings. The van der Waals surface area contributed by atoms with E-state index in [-0.39, 0.29) is 0 Å². The third kappa shape index (κ3) is 1.02. The van der Waals surface area contributed by atoms with Gasteiger partial charge in [0.1, 0.15) is 11.3 Å². The van der Waals surface area contributed by atoms with E-state index >= 15 is 0 Å². The van der Waals surface area contributed by atoms with Gasteiger partial charge in [0.25, 0.3) is 0 Å². The summed E-state index contributed by atoms with van der Waals surface area (Å²) >= 11 is 0. The highest BCUT2D eigenvalue weighted by Gasteiger charge is 2.08. The van der Waals surface area contributed by atoms with E-state index in [9.17, 15) is 0 Å². The van der Waals surface area contributed by atoms with Crippen molar-refractivity contribution in [2.45, 2.75) is 0 Å². The van der Waals surface area contributed by atoms with Crippen LogP contribution >= 0.6 is 0 Å². The molecule has 2 rings (SSSR count). The van der Waals surface area contributed by atoms with Gasteiger partial charge in [-0.05, 0) is 12.1 Å². The van der Waals surface area contributed by atoms with Crippen molar-refractivity contribution in [1.29, 1.82) is 0 Å². The molecule has 0 atom stereocenters. The van der Waals surface area contributed by atoms with Crippen molar-refractivity contribution in [3.63, 3.8) is 0 Å². The molecule has 0 spiro atoms. The minimum Gasteiger partial charge on any atom is -0.494 e. The van der Waals surface area contributed by atoms with Crippen LogP contribution in [0.5, 0.6) is 5.75 Å². The number of methoxy groups -OCH3 is 1. The lowest BCUT2D eigenvalue weighted by molar-refractivity contribution is 0.418. The second-order valence-corrected chi connectivity index (χ2v) is 2.86. The Morgan fingerprint density at radius 1 is 1.46 bits per heavy atom. The van der Waals surface area contributed by atoms with Crippen molar-refractivity contribution in [3.8, 4) is 5.75 Å². The Hall–Kier alpha value is -1.71. The Labute approximate surface area is 75.9 Å². The van der Waals surface area contributed by atoms with E-state index in [1.165, 1.54) is 0 Å². The number of ether oxygens (including phenoxy) is 1. The van der Waals surface area contributed by atoms with E-state index in [0.717, 1.165) is 16.8 Å². The number of nitrogen functional groups attached to an aromatic ring is 1. The molecule has 0 fully saturated rings. The van der Waals surface area contributed by atoms with Gasteiger partial charge < -0.3 is 15.0 Å². The summed E-state index contributed by atoms with van der Waals surface area (Å²) in [5, 5.41) is 0. The number of anilines is 1. The fourth-order valence-corrected chi connectivity index (χ4v) is 1.42. The maximum Gasteiger partial charge on any atom is 0.201 e. The highest BCUT2D eigenvalue weighted by atomic mass is 16.5. The van der Waals surface area contributed by atoms with Crippen LogP contribution < -0.4 is 10.5 Å². The molecule has 0 aliphatic carbocycles. The van der Waals surface area contributed by atoms with Crippen LogP contribution in [0.1, 0.15) is 0 Å². The number of aromatic nitrogens is 2. The van der Waals surface area contributed by atoms with Crippen LogP contribution in [0, 0.1) is 0 Å². The zero-order valence-corrected chi connectivity index (χ0v) is 7.61. The van der Waals surface area contributed by atoms with Gasteiger partial charge in [0.2, 0.25) is 5.95 Å². The smallest absolute Gasteiger partial charge is 0.201 e. The standard InChI is InChI=1S/C9H11N3O/c1-12-8-6(11-9(12)10)4-3-5-7(8)13-2/h3-5H,1-2H3,(H2,10,11). The molecule has 13 heavy (non-hydrogen) atoms. The SMILES string of the molecule is COc1cccc2nc(N)n(C)c12. The Kier molecular flexibility index (Phi) is 1.62. The summed E-state index contributed by atoms with van der Waals surface area (Å²) in [6.45, 7) is 0. The van der Waals surface area contributed by atoms with Crippen LogP contribution in [0.15, 0.2) is 18.2 Å². The molecule has 0 amide bonds. The minimum absolute atomic E-state index is 0.500. The first kappa shape index (κ1) is 7.91. The van der Waals surface area contributed by atoms with Gasteiger partial charge in [0.05, 0.1) is 12.6 Å².